The second-order valence-corrected chi connectivity index (χ2v) is 7.25. The first-order valence-electron chi connectivity index (χ1n) is 10.5. The molecule has 0 aromatic rings. The Morgan fingerprint density at radius 2 is 1.32 bits per heavy atom. The molecule has 0 bridgehead atoms. The molecule has 0 saturated carbocycles. The largest absolute Gasteiger partial charge is 0.480 e. The maximum atomic E-state index is 11.7. The van der Waals surface area contributed by atoms with Crippen LogP contribution < -0.4 is 11.5 Å². The lowest BCUT2D eigenvalue weighted by molar-refractivity contribution is -0.145. The van der Waals surface area contributed by atoms with Gasteiger partial charge in [-0.05, 0) is 19.3 Å². The topological polar surface area (TPSA) is 92.6 Å². The molecule has 0 saturated heterocycles. The summed E-state index contributed by atoms with van der Waals surface area (Å²) in [6, 6.07) is -1.06. The molecule has 0 aromatic heterocycles. The molecule has 0 fully saturated rings. The average Bonchev–Trinajstić information content (AvgIpc) is 2.60. The molecule has 150 valence electrons. The van der Waals surface area contributed by atoms with Crippen LogP contribution in [0.4, 0.5) is 0 Å². The van der Waals surface area contributed by atoms with E-state index in [1.807, 2.05) is 18.7 Å². The first kappa shape index (κ1) is 24.4. The SMILES string of the molecule is CCCCCCCCCCCCN(C(N)CC)C(C(=O)O)C(N)CC. The molecule has 0 aliphatic carbocycles. The second kappa shape index (κ2) is 15.6. The summed E-state index contributed by atoms with van der Waals surface area (Å²) in [6.45, 7) is 6.88. The maximum absolute atomic E-state index is 11.7. The lowest BCUT2D eigenvalue weighted by atomic mass is 10.0. The summed E-state index contributed by atoms with van der Waals surface area (Å²) in [5, 5.41) is 9.57. The van der Waals surface area contributed by atoms with Crippen LogP contribution in [0.1, 0.15) is 97.8 Å². The van der Waals surface area contributed by atoms with E-state index in [0.717, 1.165) is 25.8 Å². The highest BCUT2D eigenvalue weighted by atomic mass is 16.4. The molecule has 5 N–H and O–H groups in total. The molecule has 5 heteroatoms. The van der Waals surface area contributed by atoms with Crippen molar-refractivity contribution < 1.29 is 9.90 Å². The predicted octanol–water partition coefficient (Wildman–Crippen LogP) is 4.09. The fourth-order valence-electron chi connectivity index (χ4n) is 3.32. The van der Waals surface area contributed by atoms with Crippen LogP contribution in [0.15, 0.2) is 0 Å². The third-order valence-electron chi connectivity index (χ3n) is 5.10. The first-order valence-corrected chi connectivity index (χ1v) is 10.5. The molecule has 0 heterocycles. The number of aliphatic carboxylic acids is 1. The van der Waals surface area contributed by atoms with Crippen LogP contribution in [0.5, 0.6) is 0 Å². The van der Waals surface area contributed by atoms with E-state index in [1.54, 1.807) is 0 Å². The molecule has 0 spiro atoms. The average molecular weight is 358 g/mol. The molecule has 25 heavy (non-hydrogen) atoms. The van der Waals surface area contributed by atoms with Crippen molar-refractivity contribution in [3.63, 3.8) is 0 Å². The Morgan fingerprint density at radius 1 is 0.840 bits per heavy atom. The fraction of sp³-hybridized carbons (Fsp3) is 0.950. The van der Waals surface area contributed by atoms with E-state index >= 15 is 0 Å². The molecule has 0 aliphatic heterocycles. The number of carbonyl (C=O) groups is 1. The molecule has 0 rings (SSSR count). The van der Waals surface area contributed by atoms with Crippen molar-refractivity contribution in [1.82, 2.24) is 4.90 Å². The summed E-state index contributed by atoms with van der Waals surface area (Å²) in [5.74, 6) is -0.856. The molecule has 0 aromatic carbocycles. The highest BCUT2D eigenvalue weighted by molar-refractivity contribution is 5.74. The number of carboxylic acid groups (broad SMARTS) is 1. The van der Waals surface area contributed by atoms with E-state index < -0.39 is 12.0 Å². The van der Waals surface area contributed by atoms with E-state index in [-0.39, 0.29) is 12.2 Å². The van der Waals surface area contributed by atoms with Gasteiger partial charge in [0.25, 0.3) is 0 Å². The molecule has 3 atom stereocenters. The molecule has 5 nitrogen and oxygen atoms in total. The Hall–Kier alpha value is -0.650. The third kappa shape index (κ3) is 10.8. The van der Waals surface area contributed by atoms with Gasteiger partial charge in [0, 0.05) is 12.6 Å². The van der Waals surface area contributed by atoms with Gasteiger partial charge in [0.1, 0.15) is 6.04 Å². The second-order valence-electron chi connectivity index (χ2n) is 7.25. The zero-order valence-corrected chi connectivity index (χ0v) is 16.9. The normalized spacial score (nSPS) is 15.3. The van der Waals surface area contributed by atoms with Gasteiger partial charge in [-0.25, -0.2) is 0 Å². The summed E-state index contributed by atoms with van der Waals surface area (Å²) in [4.78, 5) is 13.6. The van der Waals surface area contributed by atoms with E-state index in [0.29, 0.717) is 6.42 Å². The lowest BCUT2D eigenvalue weighted by Crippen LogP contribution is -2.58. The van der Waals surface area contributed by atoms with Crippen molar-refractivity contribution >= 4 is 5.97 Å². The van der Waals surface area contributed by atoms with Gasteiger partial charge >= 0.3 is 5.97 Å². The molecular weight excluding hydrogens is 314 g/mol. The molecule has 0 radical (unpaired) electrons. The Labute approximate surface area is 155 Å². The van der Waals surface area contributed by atoms with Gasteiger partial charge in [-0.3, -0.25) is 9.69 Å². The monoisotopic (exact) mass is 357 g/mol. The zero-order chi connectivity index (χ0) is 19.1. The van der Waals surface area contributed by atoms with Crippen LogP contribution in [0.3, 0.4) is 0 Å². The smallest absolute Gasteiger partial charge is 0.322 e. The molecule has 0 amide bonds. The van der Waals surface area contributed by atoms with Gasteiger partial charge < -0.3 is 16.6 Å². The van der Waals surface area contributed by atoms with Crippen LogP contribution in [0.25, 0.3) is 0 Å². The maximum Gasteiger partial charge on any atom is 0.322 e. The van der Waals surface area contributed by atoms with Crippen LogP contribution in [-0.4, -0.2) is 40.8 Å². The number of nitrogens with two attached hydrogens (primary N) is 2. The zero-order valence-electron chi connectivity index (χ0n) is 16.9. The standard InChI is InChI=1S/C20H43N3O2/c1-4-7-8-9-10-11-12-13-14-15-16-23(18(22)6-3)19(20(24)25)17(21)5-2/h17-19H,4-16,21-22H2,1-3H3,(H,24,25). The number of unbranched alkanes of at least 4 members (excludes halogenated alkanes) is 9. The third-order valence-corrected chi connectivity index (χ3v) is 5.10. The Balaban J connectivity index is 4.14. The molecule has 0 aliphatic rings. The first-order chi connectivity index (χ1) is 12.0. The minimum absolute atomic E-state index is 0.239. The van der Waals surface area contributed by atoms with Gasteiger partial charge in [-0.15, -0.1) is 0 Å². The van der Waals surface area contributed by atoms with Gasteiger partial charge in [0.05, 0.1) is 6.17 Å². The fourth-order valence-corrected chi connectivity index (χ4v) is 3.32. The molecular formula is C20H43N3O2. The van der Waals surface area contributed by atoms with Crippen molar-refractivity contribution in [2.75, 3.05) is 6.54 Å². The van der Waals surface area contributed by atoms with Gasteiger partial charge in [-0.1, -0.05) is 78.6 Å². The highest BCUT2D eigenvalue weighted by Gasteiger charge is 2.32. The van der Waals surface area contributed by atoms with Crippen molar-refractivity contribution in [2.24, 2.45) is 11.5 Å². The Kier molecular flexibility index (Phi) is 15.2. The number of hydrogen-bond donors (Lipinski definition) is 3. The van der Waals surface area contributed by atoms with Crippen LogP contribution in [-0.2, 0) is 4.79 Å². The number of carboxylic acids is 1. The summed E-state index contributed by atoms with van der Waals surface area (Å²) >= 11 is 0. The predicted molar refractivity (Wildman–Crippen MR) is 107 cm³/mol. The summed E-state index contributed by atoms with van der Waals surface area (Å²) in [7, 11) is 0. The Morgan fingerprint density at radius 3 is 1.72 bits per heavy atom. The van der Waals surface area contributed by atoms with E-state index in [1.165, 1.54) is 51.4 Å². The minimum atomic E-state index is -0.856. The lowest BCUT2D eigenvalue weighted by Gasteiger charge is -2.36. The molecule has 3 unspecified atom stereocenters. The van der Waals surface area contributed by atoms with Crippen LogP contribution in [0.2, 0.25) is 0 Å². The van der Waals surface area contributed by atoms with Gasteiger partial charge in [0.2, 0.25) is 0 Å². The van der Waals surface area contributed by atoms with Crippen LogP contribution >= 0.6 is 0 Å². The highest BCUT2D eigenvalue weighted by Crippen LogP contribution is 2.15. The summed E-state index contributed by atoms with van der Waals surface area (Å²) in [5.41, 5.74) is 12.2. The van der Waals surface area contributed by atoms with Gasteiger partial charge in [0.15, 0.2) is 0 Å². The Bertz CT molecular complexity index is 326. The summed E-state index contributed by atoms with van der Waals surface area (Å²) < 4.78 is 0. The van der Waals surface area contributed by atoms with Gasteiger partial charge in [-0.2, -0.15) is 0 Å². The number of rotatable bonds is 17. The van der Waals surface area contributed by atoms with E-state index in [9.17, 15) is 9.90 Å². The van der Waals surface area contributed by atoms with Crippen molar-refractivity contribution in [2.45, 2.75) is 116 Å². The van der Waals surface area contributed by atoms with Crippen molar-refractivity contribution in [3.05, 3.63) is 0 Å². The van der Waals surface area contributed by atoms with E-state index in [2.05, 4.69) is 6.92 Å². The van der Waals surface area contributed by atoms with E-state index in [4.69, 9.17) is 11.5 Å². The number of nitrogens with zero attached hydrogens (tertiary/aromatic N) is 1. The van der Waals surface area contributed by atoms with Crippen LogP contribution in [0, 0.1) is 0 Å². The van der Waals surface area contributed by atoms with Crippen molar-refractivity contribution in [3.8, 4) is 0 Å². The summed E-state index contributed by atoms with van der Waals surface area (Å²) in [6.07, 6.45) is 13.8. The number of hydrogen-bond acceptors (Lipinski definition) is 4. The quantitative estimate of drug-likeness (QED) is 0.269. The van der Waals surface area contributed by atoms with Crippen molar-refractivity contribution in [1.29, 1.82) is 0 Å². The minimum Gasteiger partial charge on any atom is -0.480 e.